The van der Waals surface area contributed by atoms with Crippen LogP contribution in [0, 0.1) is 0 Å². The highest BCUT2D eigenvalue weighted by atomic mass is 16.2. The molecule has 1 fully saturated rings. The number of hydrogen-bond acceptors (Lipinski definition) is 3. The zero-order chi connectivity index (χ0) is 18.6. The third kappa shape index (κ3) is 3.89. The number of benzene rings is 1. The van der Waals surface area contributed by atoms with Crippen molar-refractivity contribution in [1.29, 1.82) is 0 Å². The number of fused-ring (bicyclic) bond motifs is 1. The van der Waals surface area contributed by atoms with Crippen molar-refractivity contribution in [3.63, 3.8) is 0 Å². The zero-order valence-electron chi connectivity index (χ0n) is 15.6. The van der Waals surface area contributed by atoms with Crippen LogP contribution in [0.2, 0.25) is 0 Å². The van der Waals surface area contributed by atoms with Crippen LogP contribution in [-0.2, 0) is 16.1 Å². The van der Waals surface area contributed by atoms with E-state index in [9.17, 15) is 9.59 Å². The summed E-state index contributed by atoms with van der Waals surface area (Å²) >= 11 is 0. The van der Waals surface area contributed by atoms with E-state index in [1.807, 2.05) is 28.0 Å². The van der Waals surface area contributed by atoms with E-state index in [1.54, 1.807) is 6.33 Å². The number of imidazole rings is 1. The first-order valence-electron chi connectivity index (χ1n) is 9.85. The molecular weight excluding hydrogens is 340 g/mol. The van der Waals surface area contributed by atoms with Crippen LogP contribution in [0.1, 0.15) is 55.0 Å². The van der Waals surface area contributed by atoms with Crippen LogP contribution in [0.25, 0.3) is 0 Å². The Labute approximate surface area is 159 Å². The maximum Gasteiger partial charge on any atom is 0.223 e. The van der Waals surface area contributed by atoms with E-state index in [0.29, 0.717) is 32.5 Å². The Hall–Kier alpha value is -2.63. The number of rotatable bonds is 5. The summed E-state index contributed by atoms with van der Waals surface area (Å²) in [6.07, 6.45) is 5.66. The fourth-order valence-electron chi connectivity index (χ4n) is 4.14. The molecule has 4 rings (SSSR count). The summed E-state index contributed by atoms with van der Waals surface area (Å²) in [4.78, 5) is 36.3. The van der Waals surface area contributed by atoms with E-state index >= 15 is 0 Å². The molecule has 3 heterocycles. The summed E-state index contributed by atoms with van der Waals surface area (Å²) in [6, 6.07) is 10.2. The number of carbonyl (C=O) groups excluding carboxylic acids is 2. The molecule has 2 aliphatic heterocycles. The first-order chi connectivity index (χ1) is 13.2. The summed E-state index contributed by atoms with van der Waals surface area (Å²) in [6.45, 7) is 2.77. The first kappa shape index (κ1) is 17.8. The number of aromatic nitrogens is 2. The van der Waals surface area contributed by atoms with E-state index in [1.165, 1.54) is 5.56 Å². The Morgan fingerprint density at radius 2 is 2.07 bits per heavy atom. The predicted molar refractivity (Wildman–Crippen MR) is 102 cm³/mol. The van der Waals surface area contributed by atoms with Crippen molar-refractivity contribution in [1.82, 2.24) is 19.8 Å². The van der Waals surface area contributed by atoms with Gasteiger partial charge in [-0.3, -0.25) is 9.59 Å². The SMILES string of the molecule is O=C1CCCCN1CCCC(=O)N1Cc2[nH]cnc2C(c2ccccc2)C1. The van der Waals surface area contributed by atoms with Crippen LogP contribution < -0.4 is 0 Å². The van der Waals surface area contributed by atoms with Gasteiger partial charge in [0.05, 0.1) is 24.3 Å². The molecule has 0 saturated carbocycles. The molecule has 0 radical (unpaired) electrons. The van der Waals surface area contributed by atoms with Crippen molar-refractivity contribution in [2.24, 2.45) is 0 Å². The summed E-state index contributed by atoms with van der Waals surface area (Å²) in [5.74, 6) is 0.493. The van der Waals surface area contributed by atoms with Crippen LogP contribution in [0.3, 0.4) is 0 Å². The van der Waals surface area contributed by atoms with Gasteiger partial charge in [-0.1, -0.05) is 30.3 Å². The lowest BCUT2D eigenvalue weighted by Gasteiger charge is -2.33. The van der Waals surface area contributed by atoms with Gasteiger partial charge < -0.3 is 14.8 Å². The number of nitrogens with zero attached hydrogens (tertiary/aromatic N) is 3. The Morgan fingerprint density at radius 1 is 1.22 bits per heavy atom. The molecule has 6 nitrogen and oxygen atoms in total. The molecule has 2 aromatic rings. The molecule has 1 aromatic heterocycles. The first-order valence-corrected chi connectivity index (χ1v) is 9.85. The van der Waals surface area contributed by atoms with Gasteiger partial charge in [-0.05, 0) is 24.8 Å². The van der Waals surface area contributed by atoms with Gasteiger partial charge in [0, 0.05) is 38.4 Å². The fourth-order valence-corrected chi connectivity index (χ4v) is 4.14. The van der Waals surface area contributed by atoms with Crippen molar-refractivity contribution >= 4 is 11.8 Å². The smallest absolute Gasteiger partial charge is 0.223 e. The van der Waals surface area contributed by atoms with E-state index < -0.39 is 0 Å². The second kappa shape index (κ2) is 7.94. The third-order valence-corrected chi connectivity index (χ3v) is 5.63. The van der Waals surface area contributed by atoms with Crippen molar-refractivity contribution in [2.45, 2.75) is 44.6 Å². The lowest BCUT2D eigenvalue weighted by Crippen LogP contribution is -2.40. The van der Waals surface area contributed by atoms with Crippen molar-refractivity contribution < 1.29 is 9.59 Å². The molecule has 2 aliphatic rings. The minimum atomic E-state index is 0.105. The number of likely N-dealkylation sites (tertiary alicyclic amines) is 1. The molecule has 142 valence electrons. The Kier molecular flexibility index (Phi) is 5.23. The molecule has 1 unspecified atom stereocenters. The molecule has 0 bridgehead atoms. The van der Waals surface area contributed by atoms with Gasteiger partial charge in [-0.2, -0.15) is 0 Å². The average molecular weight is 366 g/mol. The van der Waals surface area contributed by atoms with Gasteiger partial charge in [0.1, 0.15) is 0 Å². The fraction of sp³-hybridized carbons (Fsp3) is 0.476. The summed E-state index contributed by atoms with van der Waals surface area (Å²) < 4.78 is 0. The Bertz CT molecular complexity index is 802. The Balaban J connectivity index is 1.39. The topological polar surface area (TPSA) is 69.3 Å². The van der Waals surface area contributed by atoms with E-state index in [2.05, 4.69) is 22.1 Å². The van der Waals surface area contributed by atoms with Crippen LogP contribution in [0.15, 0.2) is 36.7 Å². The predicted octanol–water partition coefficient (Wildman–Crippen LogP) is 2.68. The summed E-state index contributed by atoms with van der Waals surface area (Å²) in [5, 5.41) is 0. The van der Waals surface area contributed by atoms with Crippen LogP contribution in [0.5, 0.6) is 0 Å². The molecule has 1 aromatic carbocycles. The van der Waals surface area contributed by atoms with E-state index in [-0.39, 0.29) is 17.7 Å². The molecule has 0 aliphatic carbocycles. The van der Waals surface area contributed by atoms with Gasteiger partial charge in [0.2, 0.25) is 11.8 Å². The number of H-pyrrole nitrogens is 1. The highest BCUT2D eigenvalue weighted by Crippen LogP contribution is 2.31. The number of carbonyl (C=O) groups is 2. The summed E-state index contributed by atoms with van der Waals surface area (Å²) in [5.41, 5.74) is 3.25. The highest BCUT2D eigenvalue weighted by molar-refractivity contribution is 5.78. The van der Waals surface area contributed by atoms with E-state index in [4.69, 9.17) is 0 Å². The largest absolute Gasteiger partial charge is 0.347 e. The number of nitrogens with one attached hydrogen (secondary N) is 1. The maximum atomic E-state index is 12.8. The highest BCUT2D eigenvalue weighted by Gasteiger charge is 2.31. The van der Waals surface area contributed by atoms with Crippen molar-refractivity contribution in [3.05, 3.63) is 53.6 Å². The molecule has 1 saturated heterocycles. The molecule has 1 atom stereocenters. The number of hydrogen-bond donors (Lipinski definition) is 1. The number of piperidine rings is 1. The maximum absolute atomic E-state index is 12.8. The van der Waals surface area contributed by atoms with Gasteiger partial charge >= 0.3 is 0 Å². The van der Waals surface area contributed by atoms with Gasteiger partial charge in [-0.25, -0.2) is 4.98 Å². The minimum absolute atomic E-state index is 0.105. The Morgan fingerprint density at radius 3 is 2.89 bits per heavy atom. The quantitative estimate of drug-likeness (QED) is 0.884. The van der Waals surface area contributed by atoms with Crippen LogP contribution >= 0.6 is 0 Å². The normalized spacial score (nSPS) is 19.9. The molecule has 27 heavy (non-hydrogen) atoms. The third-order valence-electron chi connectivity index (χ3n) is 5.63. The molecular formula is C21H26N4O2. The molecule has 0 spiro atoms. The lowest BCUT2D eigenvalue weighted by molar-refractivity contribution is -0.135. The van der Waals surface area contributed by atoms with Crippen LogP contribution in [0.4, 0.5) is 0 Å². The average Bonchev–Trinajstić information content (AvgIpc) is 3.18. The molecule has 6 heteroatoms. The van der Waals surface area contributed by atoms with Gasteiger partial charge in [0.15, 0.2) is 0 Å². The van der Waals surface area contributed by atoms with Gasteiger partial charge in [0.25, 0.3) is 0 Å². The van der Waals surface area contributed by atoms with Crippen LogP contribution in [-0.4, -0.2) is 51.2 Å². The number of aromatic amines is 1. The monoisotopic (exact) mass is 366 g/mol. The van der Waals surface area contributed by atoms with Crippen molar-refractivity contribution in [3.8, 4) is 0 Å². The second-order valence-corrected chi connectivity index (χ2v) is 7.45. The zero-order valence-corrected chi connectivity index (χ0v) is 15.6. The standard InChI is InChI=1S/C21H26N4O2/c26-19-9-4-5-11-24(19)12-6-10-20(27)25-13-17(16-7-2-1-3-8-16)21-18(14-25)22-15-23-21/h1-3,7-8,15,17H,4-6,9-14H2,(H,22,23). The van der Waals surface area contributed by atoms with Gasteiger partial charge in [-0.15, -0.1) is 0 Å². The second-order valence-electron chi connectivity index (χ2n) is 7.45. The van der Waals surface area contributed by atoms with Crippen molar-refractivity contribution in [2.75, 3.05) is 19.6 Å². The summed E-state index contributed by atoms with van der Waals surface area (Å²) in [7, 11) is 0. The molecule has 1 N–H and O–H groups in total. The lowest BCUT2D eigenvalue weighted by atomic mass is 9.91. The number of amides is 2. The minimum Gasteiger partial charge on any atom is -0.347 e. The molecule has 2 amide bonds. The van der Waals surface area contributed by atoms with E-state index in [0.717, 1.165) is 37.2 Å².